The van der Waals surface area contributed by atoms with Gasteiger partial charge in [-0.1, -0.05) is 12.5 Å². The molecule has 1 aliphatic carbocycles. The van der Waals surface area contributed by atoms with Crippen LogP contribution in [0.3, 0.4) is 0 Å². The number of ether oxygens (including phenoxy) is 1. The van der Waals surface area contributed by atoms with Crippen molar-refractivity contribution in [2.45, 2.75) is 24.7 Å². The fourth-order valence-electron chi connectivity index (χ4n) is 1.96. The van der Waals surface area contributed by atoms with Gasteiger partial charge in [-0.25, -0.2) is 4.98 Å². The van der Waals surface area contributed by atoms with Crippen LogP contribution in [0.5, 0.6) is 5.88 Å². The average Bonchev–Trinajstić information content (AvgIpc) is 2.18. The predicted molar refractivity (Wildman–Crippen MR) is 53.4 cm³/mol. The van der Waals surface area contributed by atoms with Crippen LogP contribution < -0.4 is 4.74 Å². The summed E-state index contributed by atoms with van der Waals surface area (Å²) in [5.74, 6) is 0.626. The van der Waals surface area contributed by atoms with Crippen LogP contribution in [0.4, 0.5) is 0 Å². The lowest BCUT2D eigenvalue weighted by Crippen LogP contribution is -2.37. The van der Waals surface area contributed by atoms with Gasteiger partial charge in [0, 0.05) is 17.7 Å². The Labute approximate surface area is 83.7 Å². The van der Waals surface area contributed by atoms with Crippen molar-refractivity contribution in [3.05, 3.63) is 23.9 Å². The molecule has 0 bridgehead atoms. The van der Waals surface area contributed by atoms with Crippen molar-refractivity contribution >= 4 is 0 Å². The first-order chi connectivity index (χ1) is 6.80. The molecule has 3 nitrogen and oxygen atoms in total. The van der Waals surface area contributed by atoms with Crippen LogP contribution in [0, 0.1) is 0 Å². The molecule has 0 saturated heterocycles. The minimum absolute atomic E-state index is 0.0146. The van der Waals surface area contributed by atoms with E-state index in [0.717, 1.165) is 18.4 Å². The highest BCUT2D eigenvalue weighted by atomic mass is 16.5. The molecule has 76 valence electrons. The lowest BCUT2D eigenvalue weighted by molar-refractivity contribution is 0.120. The van der Waals surface area contributed by atoms with E-state index >= 15 is 0 Å². The molecule has 0 spiro atoms. The molecule has 0 unspecified atom stereocenters. The highest BCUT2D eigenvalue weighted by Crippen LogP contribution is 2.43. The van der Waals surface area contributed by atoms with Gasteiger partial charge in [-0.3, -0.25) is 0 Å². The van der Waals surface area contributed by atoms with E-state index < -0.39 is 0 Å². The smallest absolute Gasteiger partial charge is 0.212 e. The lowest BCUT2D eigenvalue weighted by Gasteiger charge is -2.40. The molecule has 0 amide bonds. The Bertz CT molecular complexity index is 298. The third kappa shape index (κ3) is 1.38. The largest absolute Gasteiger partial charge is 0.481 e. The minimum atomic E-state index is -0.0146. The summed E-state index contributed by atoms with van der Waals surface area (Å²) in [4.78, 5) is 4.16. The third-order valence-corrected chi connectivity index (χ3v) is 3.17. The maximum atomic E-state index is 9.36. The summed E-state index contributed by atoms with van der Waals surface area (Å²) >= 11 is 0. The summed E-state index contributed by atoms with van der Waals surface area (Å²) in [7, 11) is 1.60. The van der Waals surface area contributed by atoms with Crippen molar-refractivity contribution in [1.29, 1.82) is 0 Å². The van der Waals surface area contributed by atoms with Gasteiger partial charge in [-0.15, -0.1) is 0 Å². The van der Waals surface area contributed by atoms with Crippen LogP contribution in [0.2, 0.25) is 0 Å². The molecule has 14 heavy (non-hydrogen) atoms. The zero-order valence-corrected chi connectivity index (χ0v) is 8.36. The Morgan fingerprint density at radius 3 is 2.64 bits per heavy atom. The predicted octanol–water partition coefficient (Wildman–Crippen LogP) is 1.50. The van der Waals surface area contributed by atoms with Crippen molar-refractivity contribution in [1.82, 2.24) is 4.98 Å². The fraction of sp³-hybridized carbons (Fsp3) is 0.545. The molecule has 1 aromatic heterocycles. The summed E-state index contributed by atoms with van der Waals surface area (Å²) in [5, 5.41) is 9.36. The van der Waals surface area contributed by atoms with Gasteiger partial charge in [-0.2, -0.15) is 0 Å². The van der Waals surface area contributed by atoms with Crippen LogP contribution in [0.1, 0.15) is 24.8 Å². The van der Waals surface area contributed by atoms with Gasteiger partial charge >= 0.3 is 0 Å². The van der Waals surface area contributed by atoms with E-state index in [1.165, 1.54) is 6.42 Å². The van der Waals surface area contributed by atoms with Gasteiger partial charge in [0.2, 0.25) is 5.88 Å². The van der Waals surface area contributed by atoms with Gasteiger partial charge in [0.1, 0.15) is 0 Å². The van der Waals surface area contributed by atoms with E-state index in [1.54, 1.807) is 7.11 Å². The van der Waals surface area contributed by atoms with Crippen LogP contribution >= 0.6 is 0 Å². The number of hydrogen-bond acceptors (Lipinski definition) is 3. The quantitative estimate of drug-likeness (QED) is 0.791. The van der Waals surface area contributed by atoms with E-state index in [9.17, 15) is 5.11 Å². The second-order valence-electron chi connectivity index (χ2n) is 3.88. The third-order valence-electron chi connectivity index (χ3n) is 3.17. The van der Waals surface area contributed by atoms with Crippen molar-refractivity contribution in [3.63, 3.8) is 0 Å². The molecule has 1 aliphatic rings. The van der Waals surface area contributed by atoms with Crippen molar-refractivity contribution in [2.75, 3.05) is 13.7 Å². The summed E-state index contributed by atoms with van der Waals surface area (Å²) in [6.45, 7) is 0.223. The molecule has 3 heteroatoms. The Hall–Kier alpha value is -1.09. The lowest BCUT2D eigenvalue weighted by atomic mass is 9.65. The first-order valence-electron chi connectivity index (χ1n) is 4.92. The van der Waals surface area contributed by atoms with E-state index in [2.05, 4.69) is 4.98 Å². The van der Waals surface area contributed by atoms with Crippen LogP contribution in [0.15, 0.2) is 18.3 Å². The van der Waals surface area contributed by atoms with Crippen molar-refractivity contribution < 1.29 is 9.84 Å². The Kier molecular flexibility index (Phi) is 2.42. The van der Waals surface area contributed by atoms with Crippen LogP contribution in [-0.2, 0) is 5.41 Å². The standard InChI is InChI=1S/C11H15NO2/c1-14-10-4-3-9(7-12-10)11(8-13)5-2-6-11/h3-4,7,13H,2,5-6,8H2,1H3. The average molecular weight is 193 g/mol. The number of pyridine rings is 1. The molecular weight excluding hydrogens is 178 g/mol. The van der Waals surface area contributed by atoms with E-state index in [4.69, 9.17) is 4.74 Å². The molecule has 1 N–H and O–H groups in total. The molecule has 1 fully saturated rings. The van der Waals surface area contributed by atoms with Crippen LogP contribution in [0.25, 0.3) is 0 Å². The second-order valence-corrected chi connectivity index (χ2v) is 3.88. The molecule has 1 heterocycles. The van der Waals surface area contributed by atoms with Gasteiger partial charge in [0.25, 0.3) is 0 Å². The van der Waals surface area contributed by atoms with Gasteiger partial charge in [0.05, 0.1) is 13.7 Å². The minimum Gasteiger partial charge on any atom is -0.481 e. The SMILES string of the molecule is COc1ccc(C2(CO)CCC2)cn1. The normalized spacial score (nSPS) is 18.7. The highest BCUT2D eigenvalue weighted by molar-refractivity contribution is 5.28. The number of aromatic nitrogens is 1. The molecule has 0 aliphatic heterocycles. The second kappa shape index (κ2) is 3.58. The molecule has 2 rings (SSSR count). The van der Waals surface area contributed by atoms with Crippen molar-refractivity contribution in [3.8, 4) is 5.88 Å². The number of nitrogens with zero attached hydrogens (tertiary/aromatic N) is 1. The molecular formula is C11H15NO2. The maximum Gasteiger partial charge on any atom is 0.212 e. The number of rotatable bonds is 3. The maximum absolute atomic E-state index is 9.36. The molecule has 1 saturated carbocycles. The zero-order valence-electron chi connectivity index (χ0n) is 8.36. The molecule has 1 aromatic rings. The summed E-state index contributed by atoms with van der Waals surface area (Å²) in [5.41, 5.74) is 1.12. The Morgan fingerprint density at radius 2 is 2.29 bits per heavy atom. The highest BCUT2D eigenvalue weighted by Gasteiger charge is 2.38. The first-order valence-corrected chi connectivity index (χ1v) is 4.92. The van der Waals surface area contributed by atoms with Gasteiger partial charge in [0.15, 0.2) is 0 Å². The van der Waals surface area contributed by atoms with Gasteiger partial charge < -0.3 is 9.84 Å². The van der Waals surface area contributed by atoms with Gasteiger partial charge in [-0.05, 0) is 18.4 Å². The zero-order chi connectivity index (χ0) is 10.0. The Balaban J connectivity index is 2.23. The first kappa shape index (κ1) is 9.46. The Morgan fingerprint density at radius 1 is 1.50 bits per heavy atom. The van der Waals surface area contributed by atoms with Crippen LogP contribution in [-0.4, -0.2) is 23.8 Å². The molecule has 0 aromatic carbocycles. The number of methoxy groups -OCH3 is 1. The van der Waals surface area contributed by atoms with E-state index in [0.29, 0.717) is 5.88 Å². The summed E-state index contributed by atoms with van der Waals surface area (Å²) in [6.07, 6.45) is 5.15. The number of aliphatic hydroxyl groups is 1. The number of aliphatic hydroxyl groups excluding tert-OH is 1. The van der Waals surface area contributed by atoms with E-state index in [1.807, 2.05) is 18.3 Å². The van der Waals surface area contributed by atoms with E-state index in [-0.39, 0.29) is 12.0 Å². The molecule has 0 radical (unpaired) electrons. The number of hydrogen-bond donors (Lipinski definition) is 1. The fourth-order valence-corrected chi connectivity index (χ4v) is 1.96. The summed E-state index contributed by atoms with van der Waals surface area (Å²) < 4.78 is 4.99. The monoisotopic (exact) mass is 193 g/mol. The topological polar surface area (TPSA) is 42.4 Å². The molecule has 0 atom stereocenters. The summed E-state index contributed by atoms with van der Waals surface area (Å²) in [6, 6.07) is 3.85. The van der Waals surface area contributed by atoms with Crippen molar-refractivity contribution in [2.24, 2.45) is 0 Å².